The predicted molar refractivity (Wildman–Crippen MR) is 43.2 cm³/mol. The van der Waals surface area contributed by atoms with Crippen molar-refractivity contribution in [1.29, 1.82) is 0 Å². The number of carbonyl (C=O) groups excluding carboxylic acids is 1. The fourth-order valence-corrected chi connectivity index (χ4v) is 1.77. The van der Waals surface area contributed by atoms with Gasteiger partial charge in [0.05, 0.1) is 0 Å². The number of cyclic esters (lactones) is 1. The minimum Gasteiger partial charge on any atom is -0.464 e. The summed E-state index contributed by atoms with van der Waals surface area (Å²) in [6.07, 6.45) is 4.16. The molecule has 0 N–H and O–H groups in total. The molecule has 1 rings (SSSR count). The first-order valence-corrected chi connectivity index (χ1v) is 4.42. The van der Waals surface area contributed by atoms with Crippen molar-refractivity contribution in [2.45, 2.75) is 39.5 Å². The fraction of sp³-hybridized carbons (Fsp3) is 0.889. The Labute approximate surface area is 67.9 Å². The normalized spacial score (nSPS) is 20.7. The summed E-state index contributed by atoms with van der Waals surface area (Å²) in [7, 11) is 0. The zero-order chi connectivity index (χ0) is 8.32. The minimum absolute atomic E-state index is 0.0289. The first-order valence-electron chi connectivity index (χ1n) is 4.42. The van der Waals surface area contributed by atoms with E-state index in [1.54, 1.807) is 0 Å². The Morgan fingerprint density at radius 1 is 1.36 bits per heavy atom. The molecular formula is C9H16O2. The number of esters is 1. The molecule has 2 nitrogen and oxygen atoms in total. The monoisotopic (exact) mass is 156 g/mol. The van der Waals surface area contributed by atoms with Crippen LogP contribution in [0.3, 0.4) is 0 Å². The summed E-state index contributed by atoms with van der Waals surface area (Å²) in [5, 5.41) is 0. The molecule has 0 amide bonds. The van der Waals surface area contributed by atoms with Crippen LogP contribution in [0.15, 0.2) is 0 Å². The van der Waals surface area contributed by atoms with Crippen LogP contribution in [0.25, 0.3) is 0 Å². The lowest BCUT2D eigenvalue weighted by molar-refractivity contribution is -0.187. The Morgan fingerprint density at radius 2 is 1.91 bits per heavy atom. The van der Waals surface area contributed by atoms with Gasteiger partial charge in [-0.15, -0.1) is 0 Å². The molecule has 64 valence electrons. The van der Waals surface area contributed by atoms with Gasteiger partial charge >= 0.3 is 5.97 Å². The summed E-state index contributed by atoms with van der Waals surface area (Å²) < 4.78 is 4.81. The molecule has 0 atom stereocenters. The number of hydrogen-bond acceptors (Lipinski definition) is 2. The summed E-state index contributed by atoms with van der Waals surface area (Å²) in [4.78, 5) is 11.1. The SMILES string of the molecule is CCCC1(CCC)COC1=O. The molecule has 1 fully saturated rings. The van der Waals surface area contributed by atoms with E-state index in [1.807, 2.05) is 0 Å². The lowest BCUT2D eigenvalue weighted by atomic mass is 9.77. The molecule has 0 aliphatic carbocycles. The van der Waals surface area contributed by atoms with Gasteiger partial charge in [-0.3, -0.25) is 4.79 Å². The molecule has 1 aliphatic rings. The van der Waals surface area contributed by atoms with Crippen LogP contribution in [-0.2, 0) is 9.53 Å². The van der Waals surface area contributed by atoms with E-state index in [4.69, 9.17) is 4.74 Å². The number of rotatable bonds is 4. The van der Waals surface area contributed by atoms with Crippen molar-refractivity contribution < 1.29 is 9.53 Å². The maximum atomic E-state index is 11.1. The van der Waals surface area contributed by atoms with Crippen LogP contribution < -0.4 is 0 Å². The van der Waals surface area contributed by atoms with Gasteiger partial charge in [0.1, 0.15) is 12.0 Å². The van der Waals surface area contributed by atoms with Crippen molar-refractivity contribution in [3.8, 4) is 0 Å². The number of hydrogen-bond donors (Lipinski definition) is 0. The molecule has 0 aromatic rings. The standard InChI is InChI=1S/C9H16O2/c1-3-5-9(6-4-2)7-11-8(9)10/h3-7H2,1-2H3. The molecule has 0 spiro atoms. The van der Waals surface area contributed by atoms with Gasteiger partial charge in [-0.05, 0) is 12.8 Å². The van der Waals surface area contributed by atoms with E-state index in [2.05, 4.69) is 13.8 Å². The van der Waals surface area contributed by atoms with E-state index < -0.39 is 0 Å². The van der Waals surface area contributed by atoms with Crippen LogP contribution in [0.5, 0.6) is 0 Å². The smallest absolute Gasteiger partial charge is 0.315 e. The summed E-state index contributed by atoms with van der Waals surface area (Å²) >= 11 is 0. The van der Waals surface area contributed by atoms with Crippen LogP contribution >= 0.6 is 0 Å². The third-order valence-corrected chi connectivity index (χ3v) is 2.37. The minimum atomic E-state index is -0.0799. The Bertz CT molecular complexity index is 146. The zero-order valence-electron chi connectivity index (χ0n) is 7.35. The van der Waals surface area contributed by atoms with Crippen molar-refractivity contribution in [3.05, 3.63) is 0 Å². The molecule has 1 heterocycles. The molecule has 11 heavy (non-hydrogen) atoms. The van der Waals surface area contributed by atoms with E-state index in [-0.39, 0.29) is 11.4 Å². The second kappa shape index (κ2) is 3.24. The third-order valence-electron chi connectivity index (χ3n) is 2.37. The van der Waals surface area contributed by atoms with E-state index in [0.29, 0.717) is 6.61 Å². The van der Waals surface area contributed by atoms with E-state index in [0.717, 1.165) is 25.7 Å². The fourth-order valence-electron chi connectivity index (χ4n) is 1.77. The van der Waals surface area contributed by atoms with Gasteiger partial charge in [0, 0.05) is 0 Å². The summed E-state index contributed by atoms with van der Waals surface area (Å²) in [6.45, 7) is 4.89. The Morgan fingerprint density at radius 3 is 2.09 bits per heavy atom. The van der Waals surface area contributed by atoms with E-state index in [9.17, 15) is 4.79 Å². The quantitative estimate of drug-likeness (QED) is 0.583. The first-order chi connectivity index (χ1) is 5.25. The predicted octanol–water partition coefficient (Wildman–Crippen LogP) is 2.13. The topological polar surface area (TPSA) is 26.3 Å². The molecule has 0 unspecified atom stereocenters. The molecule has 1 aliphatic heterocycles. The first kappa shape index (κ1) is 8.57. The van der Waals surface area contributed by atoms with Gasteiger partial charge in [0.2, 0.25) is 0 Å². The highest BCUT2D eigenvalue weighted by molar-refractivity contribution is 5.81. The maximum Gasteiger partial charge on any atom is 0.315 e. The zero-order valence-corrected chi connectivity index (χ0v) is 7.35. The van der Waals surface area contributed by atoms with Crippen LogP contribution in [0.4, 0.5) is 0 Å². The van der Waals surface area contributed by atoms with Crippen LogP contribution in [0.1, 0.15) is 39.5 Å². The highest BCUT2D eigenvalue weighted by Gasteiger charge is 2.47. The van der Waals surface area contributed by atoms with Crippen molar-refractivity contribution >= 4 is 5.97 Å². The molecule has 2 heteroatoms. The van der Waals surface area contributed by atoms with E-state index in [1.165, 1.54) is 0 Å². The lowest BCUT2D eigenvalue weighted by Crippen LogP contribution is -2.47. The molecule has 0 radical (unpaired) electrons. The number of ether oxygens (including phenoxy) is 1. The largest absolute Gasteiger partial charge is 0.464 e. The molecular weight excluding hydrogens is 140 g/mol. The van der Waals surface area contributed by atoms with Crippen molar-refractivity contribution in [3.63, 3.8) is 0 Å². The maximum absolute atomic E-state index is 11.1. The average molecular weight is 156 g/mol. The molecule has 0 aromatic carbocycles. The van der Waals surface area contributed by atoms with Gasteiger partial charge in [0.25, 0.3) is 0 Å². The van der Waals surface area contributed by atoms with Crippen LogP contribution in [-0.4, -0.2) is 12.6 Å². The van der Waals surface area contributed by atoms with Gasteiger partial charge in [-0.25, -0.2) is 0 Å². The van der Waals surface area contributed by atoms with E-state index >= 15 is 0 Å². The average Bonchev–Trinajstić information content (AvgIpc) is 2.01. The molecule has 0 aromatic heterocycles. The van der Waals surface area contributed by atoms with Crippen molar-refractivity contribution in [2.75, 3.05) is 6.61 Å². The van der Waals surface area contributed by atoms with Crippen LogP contribution in [0.2, 0.25) is 0 Å². The number of carbonyl (C=O) groups is 1. The lowest BCUT2D eigenvalue weighted by Gasteiger charge is -2.38. The summed E-state index contributed by atoms with van der Waals surface area (Å²) in [5.41, 5.74) is -0.0799. The Hall–Kier alpha value is -0.530. The highest BCUT2D eigenvalue weighted by atomic mass is 16.6. The van der Waals surface area contributed by atoms with Gasteiger partial charge < -0.3 is 4.74 Å². The Balaban J connectivity index is 2.49. The second-order valence-electron chi connectivity index (χ2n) is 3.36. The molecule has 1 saturated heterocycles. The van der Waals surface area contributed by atoms with Gasteiger partial charge in [0.15, 0.2) is 0 Å². The highest BCUT2D eigenvalue weighted by Crippen LogP contribution is 2.38. The molecule has 0 saturated carbocycles. The van der Waals surface area contributed by atoms with Crippen molar-refractivity contribution in [1.82, 2.24) is 0 Å². The van der Waals surface area contributed by atoms with Crippen molar-refractivity contribution in [2.24, 2.45) is 5.41 Å². The Kier molecular flexibility index (Phi) is 2.53. The third kappa shape index (κ3) is 1.39. The molecule has 0 bridgehead atoms. The second-order valence-corrected chi connectivity index (χ2v) is 3.36. The van der Waals surface area contributed by atoms with Gasteiger partial charge in [-0.1, -0.05) is 26.7 Å². The van der Waals surface area contributed by atoms with Gasteiger partial charge in [-0.2, -0.15) is 0 Å². The van der Waals surface area contributed by atoms with Crippen LogP contribution in [0, 0.1) is 5.41 Å². The summed E-state index contributed by atoms with van der Waals surface area (Å²) in [6, 6.07) is 0. The summed E-state index contributed by atoms with van der Waals surface area (Å²) in [5.74, 6) is 0.0289.